The number of anilines is 2. The number of nitrogens with one attached hydrogen (secondary N) is 2. The monoisotopic (exact) mass is 374 g/mol. The number of nitrogens with zero attached hydrogens (tertiary/aromatic N) is 2. The highest BCUT2D eigenvalue weighted by molar-refractivity contribution is 6.33. The van der Waals surface area contributed by atoms with Crippen LogP contribution in [0, 0.1) is 5.92 Å². The Labute approximate surface area is 148 Å². The molecule has 1 heterocycles. The van der Waals surface area contributed by atoms with Crippen LogP contribution in [0.5, 0.6) is 0 Å². The number of benzene rings is 1. The molecule has 2 aromatic rings. The summed E-state index contributed by atoms with van der Waals surface area (Å²) < 4.78 is 39.7. The Bertz CT molecular complexity index is 758. The first-order valence-corrected chi connectivity index (χ1v) is 7.88. The van der Waals surface area contributed by atoms with Crippen molar-refractivity contribution in [2.45, 2.75) is 26.1 Å². The Balaban J connectivity index is 2.17. The van der Waals surface area contributed by atoms with Gasteiger partial charge < -0.3 is 10.6 Å². The molecule has 1 amide bonds. The molecule has 0 unspecified atom stereocenters. The molecule has 0 radical (unpaired) electrons. The van der Waals surface area contributed by atoms with Crippen LogP contribution in [0.15, 0.2) is 30.6 Å². The summed E-state index contributed by atoms with van der Waals surface area (Å²) in [6.45, 7) is 3.64. The summed E-state index contributed by atoms with van der Waals surface area (Å²) in [7, 11) is 1.72. The van der Waals surface area contributed by atoms with Gasteiger partial charge in [-0.2, -0.15) is 18.3 Å². The summed E-state index contributed by atoms with van der Waals surface area (Å²) in [6, 6.07) is 2.29. The van der Waals surface area contributed by atoms with Gasteiger partial charge in [0.05, 0.1) is 28.2 Å². The van der Waals surface area contributed by atoms with Gasteiger partial charge in [-0.25, -0.2) is 0 Å². The molecule has 0 saturated heterocycles. The van der Waals surface area contributed by atoms with Crippen LogP contribution in [0.3, 0.4) is 0 Å². The lowest BCUT2D eigenvalue weighted by Gasteiger charge is -2.23. The van der Waals surface area contributed by atoms with Crippen LogP contribution >= 0.6 is 11.6 Å². The first kappa shape index (κ1) is 19.1. The average molecular weight is 375 g/mol. The molecule has 0 saturated carbocycles. The van der Waals surface area contributed by atoms with Gasteiger partial charge in [-0.3, -0.25) is 9.48 Å². The third-order valence-electron chi connectivity index (χ3n) is 3.53. The van der Waals surface area contributed by atoms with Gasteiger partial charge in [-0.15, -0.1) is 0 Å². The van der Waals surface area contributed by atoms with Gasteiger partial charge in [0.1, 0.15) is 6.04 Å². The minimum atomic E-state index is -4.47. The number of aryl methyl sites for hydroxylation is 1. The zero-order valence-corrected chi connectivity index (χ0v) is 14.6. The largest absolute Gasteiger partial charge is 0.416 e. The number of halogens is 4. The van der Waals surface area contributed by atoms with Crippen molar-refractivity contribution in [1.29, 1.82) is 0 Å². The Kier molecular flexibility index (Phi) is 5.62. The summed E-state index contributed by atoms with van der Waals surface area (Å²) >= 11 is 5.94. The van der Waals surface area contributed by atoms with E-state index in [4.69, 9.17) is 11.6 Å². The van der Waals surface area contributed by atoms with Gasteiger partial charge in [-0.1, -0.05) is 25.4 Å². The predicted octanol–water partition coefficient (Wildman–Crippen LogP) is 4.17. The van der Waals surface area contributed by atoms with Crippen molar-refractivity contribution in [1.82, 2.24) is 9.78 Å². The Morgan fingerprint density at radius 2 is 2.00 bits per heavy atom. The van der Waals surface area contributed by atoms with Crippen molar-refractivity contribution in [3.63, 3.8) is 0 Å². The molecule has 9 heteroatoms. The lowest BCUT2D eigenvalue weighted by atomic mass is 10.0. The van der Waals surface area contributed by atoms with E-state index >= 15 is 0 Å². The molecule has 0 bridgehead atoms. The second-order valence-electron chi connectivity index (χ2n) is 5.95. The molecule has 1 aromatic heterocycles. The van der Waals surface area contributed by atoms with Crippen LogP contribution in [0.1, 0.15) is 19.4 Å². The van der Waals surface area contributed by atoms with E-state index in [-0.39, 0.29) is 22.5 Å². The number of alkyl halides is 3. The molecular weight excluding hydrogens is 357 g/mol. The third kappa shape index (κ3) is 4.88. The Morgan fingerprint density at radius 3 is 2.48 bits per heavy atom. The van der Waals surface area contributed by atoms with Gasteiger partial charge >= 0.3 is 6.18 Å². The third-order valence-corrected chi connectivity index (χ3v) is 3.84. The summed E-state index contributed by atoms with van der Waals surface area (Å²) in [5.41, 5.74) is -0.0582. The van der Waals surface area contributed by atoms with E-state index in [1.54, 1.807) is 17.9 Å². The fraction of sp³-hybridized carbons (Fsp3) is 0.375. The van der Waals surface area contributed by atoms with E-state index in [0.29, 0.717) is 5.69 Å². The molecule has 2 N–H and O–H groups in total. The first-order valence-electron chi connectivity index (χ1n) is 7.50. The van der Waals surface area contributed by atoms with Crippen molar-refractivity contribution < 1.29 is 18.0 Å². The molecule has 0 aliphatic carbocycles. The van der Waals surface area contributed by atoms with Gasteiger partial charge in [0.15, 0.2) is 0 Å². The molecule has 136 valence electrons. The maximum Gasteiger partial charge on any atom is 0.416 e. The summed E-state index contributed by atoms with van der Waals surface area (Å²) in [5.74, 6) is -0.464. The molecule has 0 aliphatic rings. The van der Waals surface area contributed by atoms with Gasteiger partial charge in [-0.05, 0) is 24.1 Å². The molecule has 0 fully saturated rings. The highest BCUT2D eigenvalue weighted by atomic mass is 35.5. The predicted molar refractivity (Wildman–Crippen MR) is 90.5 cm³/mol. The maximum atomic E-state index is 12.7. The molecule has 1 atom stereocenters. The minimum absolute atomic E-state index is 0.102. The van der Waals surface area contributed by atoms with Gasteiger partial charge in [0.25, 0.3) is 0 Å². The number of carbonyl (C=O) groups excluding carboxylic acids is 1. The van der Waals surface area contributed by atoms with E-state index in [1.807, 2.05) is 13.8 Å². The van der Waals surface area contributed by atoms with Crippen LogP contribution in [-0.2, 0) is 18.0 Å². The molecule has 1 aromatic carbocycles. The van der Waals surface area contributed by atoms with Crippen LogP contribution < -0.4 is 10.6 Å². The van der Waals surface area contributed by atoms with Crippen LogP contribution in [-0.4, -0.2) is 21.7 Å². The average Bonchev–Trinajstić information content (AvgIpc) is 2.89. The summed E-state index contributed by atoms with van der Waals surface area (Å²) in [6.07, 6.45) is -1.34. The number of amides is 1. The number of rotatable bonds is 5. The van der Waals surface area contributed by atoms with E-state index < -0.39 is 17.8 Å². The highest BCUT2D eigenvalue weighted by Gasteiger charge is 2.31. The Hall–Kier alpha value is -2.22. The van der Waals surface area contributed by atoms with Gasteiger partial charge in [0, 0.05) is 13.2 Å². The lowest BCUT2D eigenvalue weighted by Crippen LogP contribution is -2.38. The van der Waals surface area contributed by atoms with E-state index in [0.717, 1.165) is 12.1 Å². The molecule has 2 rings (SSSR count). The summed E-state index contributed by atoms with van der Waals surface area (Å²) in [4.78, 5) is 12.5. The topological polar surface area (TPSA) is 59.0 Å². The van der Waals surface area contributed by atoms with Crippen LogP contribution in [0.4, 0.5) is 24.5 Å². The zero-order valence-electron chi connectivity index (χ0n) is 13.9. The van der Waals surface area contributed by atoms with E-state index in [2.05, 4.69) is 15.7 Å². The zero-order chi connectivity index (χ0) is 18.8. The van der Waals surface area contributed by atoms with Crippen molar-refractivity contribution >= 4 is 28.9 Å². The standard InChI is InChI=1S/C16H18ClF3N4O/c1-9(2)14(15(25)22-11-7-21-24(3)8-11)23-13-5-4-10(6-12(13)17)16(18,19)20/h4-9,14,23H,1-3H3,(H,22,25)/t14-/m0/s1. The van der Waals surface area contributed by atoms with E-state index in [1.165, 1.54) is 12.3 Å². The highest BCUT2D eigenvalue weighted by Crippen LogP contribution is 2.34. The number of hydrogen-bond donors (Lipinski definition) is 2. The first-order chi connectivity index (χ1) is 11.6. The normalized spacial score (nSPS) is 13.0. The minimum Gasteiger partial charge on any atom is -0.372 e. The SMILES string of the molecule is CC(C)[C@H](Nc1ccc(C(F)(F)F)cc1Cl)C(=O)Nc1cnn(C)c1. The second-order valence-corrected chi connectivity index (χ2v) is 6.36. The number of aromatic nitrogens is 2. The number of hydrogen-bond acceptors (Lipinski definition) is 3. The van der Waals surface area contributed by atoms with Crippen molar-refractivity contribution in [2.24, 2.45) is 13.0 Å². The van der Waals surface area contributed by atoms with Crippen molar-refractivity contribution in [3.05, 3.63) is 41.2 Å². The molecule has 5 nitrogen and oxygen atoms in total. The van der Waals surface area contributed by atoms with Crippen molar-refractivity contribution in [3.8, 4) is 0 Å². The second kappa shape index (κ2) is 7.35. The molecule has 25 heavy (non-hydrogen) atoms. The lowest BCUT2D eigenvalue weighted by molar-refractivity contribution is -0.137. The molecule has 0 spiro atoms. The molecule has 0 aliphatic heterocycles. The maximum absolute atomic E-state index is 12.7. The van der Waals surface area contributed by atoms with E-state index in [9.17, 15) is 18.0 Å². The van der Waals surface area contributed by atoms with Gasteiger partial charge in [0.2, 0.25) is 5.91 Å². The quantitative estimate of drug-likeness (QED) is 0.825. The fourth-order valence-corrected chi connectivity index (χ4v) is 2.45. The van der Waals surface area contributed by atoms with Crippen LogP contribution in [0.25, 0.3) is 0 Å². The molecular formula is C16H18ClF3N4O. The van der Waals surface area contributed by atoms with Crippen LogP contribution in [0.2, 0.25) is 5.02 Å². The fourth-order valence-electron chi connectivity index (χ4n) is 2.22. The Morgan fingerprint density at radius 1 is 1.32 bits per heavy atom. The van der Waals surface area contributed by atoms with Crippen molar-refractivity contribution in [2.75, 3.05) is 10.6 Å². The number of carbonyl (C=O) groups is 1. The smallest absolute Gasteiger partial charge is 0.372 e. The summed E-state index contributed by atoms with van der Waals surface area (Å²) in [5, 5.41) is 9.48.